The molecular formula is C10H9N5S. The first kappa shape index (κ1) is 9.29. The van der Waals surface area contributed by atoms with Crippen LogP contribution >= 0.6 is 11.3 Å². The molecule has 0 saturated heterocycles. The molecule has 0 atom stereocenters. The maximum Gasteiger partial charge on any atom is 0.222 e. The van der Waals surface area contributed by atoms with E-state index in [1.54, 1.807) is 0 Å². The van der Waals surface area contributed by atoms with Crippen molar-refractivity contribution in [3.63, 3.8) is 0 Å². The Bertz CT molecular complexity index is 703. The summed E-state index contributed by atoms with van der Waals surface area (Å²) >= 11 is 1.49. The lowest BCUT2D eigenvalue weighted by molar-refractivity contribution is 1.25. The van der Waals surface area contributed by atoms with Gasteiger partial charge in [-0.15, -0.1) is 11.3 Å². The van der Waals surface area contributed by atoms with E-state index in [4.69, 9.17) is 11.5 Å². The molecule has 80 valence electrons. The molecule has 0 spiro atoms. The number of aromatic nitrogens is 3. The van der Waals surface area contributed by atoms with Crippen LogP contribution in [0.5, 0.6) is 0 Å². The topological polar surface area (TPSA) is 90.7 Å². The third-order valence-corrected chi connectivity index (χ3v) is 3.47. The second-order valence-electron chi connectivity index (χ2n) is 3.55. The summed E-state index contributed by atoms with van der Waals surface area (Å²) in [4.78, 5) is 13.5. The molecule has 0 bridgehead atoms. The number of pyridine rings is 1. The van der Waals surface area contributed by atoms with Crippen LogP contribution < -0.4 is 11.5 Å². The van der Waals surface area contributed by atoms with Gasteiger partial charge in [0.05, 0.1) is 10.2 Å². The molecule has 0 aliphatic rings. The summed E-state index contributed by atoms with van der Waals surface area (Å²) in [5, 5.41) is 0.978. The molecule has 6 heteroatoms. The molecule has 0 radical (unpaired) electrons. The number of fused-ring (bicyclic) bond motifs is 3. The largest absolute Gasteiger partial charge is 0.382 e. The van der Waals surface area contributed by atoms with Gasteiger partial charge in [0.15, 0.2) is 0 Å². The summed E-state index contributed by atoms with van der Waals surface area (Å²) in [6.45, 7) is 1.95. The van der Waals surface area contributed by atoms with E-state index in [1.165, 1.54) is 11.3 Å². The number of aryl methyl sites for hydroxylation is 1. The van der Waals surface area contributed by atoms with Gasteiger partial charge in [-0.25, -0.2) is 9.97 Å². The molecule has 0 aliphatic heterocycles. The Kier molecular flexibility index (Phi) is 1.75. The summed E-state index contributed by atoms with van der Waals surface area (Å²) in [5.41, 5.74) is 13.2. The zero-order valence-corrected chi connectivity index (χ0v) is 9.38. The van der Waals surface area contributed by atoms with E-state index in [2.05, 4.69) is 15.0 Å². The average Bonchev–Trinajstić information content (AvgIpc) is 2.56. The minimum atomic E-state index is 0.199. The highest BCUT2D eigenvalue weighted by Crippen LogP contribution is 2.34. The molecule has 16 heavy (non-hydrogen) atoms. The molecule has 4 N–H and O–H groups in total. The minimum Gasteiger partial charge on any atom is -0.382 e. The number of nitrogens with zero attached hydrogens (tertiary/aromatic N) is 3. The van der Waals surface area contributed by atoms with Gasteiger partial charge in [0, 0.05) is 11.1 Å². The first-order chi connectivity index (χ1) is 7.65. The Balaban J connectivity index is 2.55. The van der Waals surface area contributed by atoms with Crippen LogP contribution in [0.25, 0.3) is 20.4 Å². The maximum atomic E-state index is 5.81. The highest BCUT2D eigenvalue weighted by molar-refractivity contribution is 7.25. The average molecular weight is 231 g/mol. The number of thiophene rings is 1. The normalized spacial score (nSPS) is 11.3. The fraction of sp³-hybridized carbons (Fsp3) is 0.100. The molecule has 0 amide bonds. The van der Waals surface area contributed by atoms with Crippen LogP contribution in [0.3, 0.4) is 0 Å². The van der Waals surface area contributed by atoms with Crippen LogP contribution in [0, 0.1) is 6.92 Å². The Morgan fingerprint density at radius 2 is 1.94 bits per heavy atom. The van der Waals surface area contributed by atoms with Crippen LogP contribution in [-0.2, 0) is 0 Å². The molecular weight excluding hydrogens is 222 g/mol. The number of rotatable bonds is 0. The van der Waals surface area contributed by atoms with Gasteiger partial charge in [-0.2, -0.15) is 4.98 Å². The van der Waals surface area contributed by atoms with Crippen LogP contribution in [0.1, 0.15) is 5.69 Å². The van der Waals surface area contributed by atoms with Gasteiger partial charge in [0.25, 0.3) is 0 Å². The fourth-order valence-electron chi connectivity index (χ4n) is 1.66. The molecule has 0 unspecified atom stereocenters. The van der Waals surface area contributed by atoms with Gasteiger partial charge >= 0.3 is 0 Å². The highest BCUT2D eigenvalue weighted by Gasteiger charge is 2.11. The molecule has 3 aromatic rings. The van der Waals surface area contributed by atoms with Crippen molar-refractivity contribution in [2.24, 2.45) is 0 Å². The zero-order valence-electron chi connectivity index (χ0n) is 8.56. The number of hydrogen-bond donors (Lipinski definition) is 2. The number of hydrogen-bond acceptors (Lipinski definition) is 6. The van der Waals surface area contributed by atoms with E-state index in [1.807, 2.05) is 19.1 Å². The second-order valence-corrected chi connectivity index (χ2v) is 4.55. The molecule has 5 nitrogen and oxygen atoms in total. The minimum absolute atomic E-state index is 0.199. The Morgan fingerprint density at radius 1 is 1.12 bits per heavy atom. The molecule has 3 aromatic heterocycles. The standard InChI is InChI=1S/C10H9N5S/c1-4-2-3-5-6-7(16-9(5)13-4)8(11)15-10(12)14-6/h2-3H,1H3,(H4,11,12,14,15). The third-order valence-electron chi connectivity index (χ3n) is 2.36. The second kappa shape index (κ2) is 3.02. The van der Waals surface area contributed by atoms with Crippen molar-refractivity contribution < 1.29 is 0 Å². The predicted molar refractivity (Wildman–Crippen MR) is 66.3 cm³/mol. The van der Waals surface area contributed by atoms with Crippen LogP contribution in [0.2, 0.25) is 0 Å². The summed E-state index contributed by atoms with van der Waals surface area (Å²) in [5.74, 6) is 0.619. The quantitative estimate of drug-likeness (QED) is 0.614. The van der Waals surface area contributed by atoms with Crippen molar-refractivity contribution in [2.75, 3.05) is 11.5 Å². The first-order valence-corrected chi connectivity index (χ1v) is 5.55. The van der Waals surface area contributed by atoms with E-state index >= 15 is 0 Å². The van der Waals surface area contributed by atoms with Gasteiger partial charge in [0.2, 0.25) is 5.95 Å². The van der Waals surface area contributed by atoms with Gasteiger partial charge in [0.1, 0.15) is 10.6 Å². The Labute approximate surface area is 95.1 Å². The number of anilines is 2. The Hall–Kier alpha value is -1.95. The number of nitrogen functional groups attached to an aromatic ring is 2. The van der Waals surface area contributed by atoms with Gasteiger partial charge in [-0.1, -0.05) is 0 Å². The fourth-order valence-corrected chi connectivity index (χ4v) is 2.72. The highest BCUT2D eigenvalue weighted by atomic mass is 32.1. The lowest BCUT2D eigenvalue weighted by Gasteiger charge is -1.96. The first-order valence-electron chi connectivity index (χ1n) is 4.74. The van der Waals surface area contributed by atoms with E-state index in [0.29, 0.717) is 5.82 Å². The summed E-state index contributed by atoms with van der Waals surface area (Å²) in [6, 6.07) is 3.94. The maximum absolute atomic E-state index is 5.81. The molecule has 3 rings (SSSR count). The van der Waals surface area contributed by atoms with Gasteiger partial charge < -0.3 is 11.5 Å². The molecule has 0 fully saturated rings. The van der Waals surface area contributed by atoms with Crippen molar-refractivity contribution in [1.82, 2.24) is 15.0 Å². The van der Waals surface area contributed by atoms with Gasteiger partial charge in [-0.3, -0.25) is 0 Å². The number of nitrogens with two attached hydrogens (primary N) is 2. The van der Waals surface area contributed by atoms with E-state index in [9.17, 15) is 0 Å². The lowest BCUT2D eigenvalue weighted by Crippen LogP contribution is -1.98. The molecule has 0 aromatic carbocycles. The third kappa shape index (κ3) is 1.20. The summed E-state index contributed by atoms with van der Waals surface area (Å²) in [6.07, 6.45) is 0. The Morgan fingerprint density at radius 3 is 2.75 bits per heavy atom. The van der Waals surface area contributed by atoms with Crippen LogP contribution in [0.4, 0.5) is 11.8 Å². The monoisotopic (exact) mass is 231 g/mol. The molecule has 0 saturated carbocycles. The lowest BCUT2D eigenvalue weighted by atomic mass is 10.3. The van der Waals surface area contributed by atoms with Gasteiger partial charge in [-0.05, 0) is 19.1 Å². The van der Waals surface area contributed by atoms with E-state index < -0.39 is 0 Å². The van der Waals surface area contributed by atoms with Crippen molar-refractivity contribution in [3.05, 3.63) is 17.8 Å². The smallest absolute Gasteiger partial charge is 0.222 e. The molecule has 0 aliphatic carbocycles. The van der Waals surface area contributed by atoms with Crippen molar-refractivity contribution in [3.8, 4) is 0 Å². The van der Waals surface area contributed by atoms with Crippen molar-refractivity contribution in [1.29, 1.82) is 0 Å². The van der Waals surface area contributed by atoms with Crippen molar-refractivity contribution >= 4 is 43.5 Å². The molecule has 3 heterocycles. The van der Waals surface area contributed by atoms with E-state index in [0.717, 1.165) is 26.1 Å². The zero-order chi connectivity index (χ0) is 11.3. The summed E-state index contributed by atoms with van der Waals surface area (Å²) < 4.78 is 0.849. The predicted octanol–water partition coefficient (Wildman–Crippen LogP) is 1.71. The van der Waals surface area contributed by atoms with Crippen molar-refractivity contribution in [2.45, 2.75) is 6.92 Å². The SMILES string of the molecule is Cc1ccc2c(n1)sc1c(N)nc(N)nc12. The van der Waals surface area contributed by atoms with E-state index in [-0.39, 0.29) is 5.95 Å². The van der Waals surface area contributed by atoms with Crippen LogP contribution in [0.15, 0.2) is 12.1 Å². The van der Waals surface area contributed by atoms with Crippen LogP contribution in [-0.4, -0.2) is 15.0 Å². The summed E-state index contributed by atoms with van der Waals surface area (Å²) in [7, 11) is 0.